The van der Waals surface area contributed by atoms with Crippen molar-refractivity contribution in [2.24, 2.45) is 0 Å². The van der Waals surface area contributed by atoms with Crippen LogP contribution in [0.15, 0.2) is 133 Å². The van der Waals surface area contributed by atoms with Crippen LogP contribution in [0.2, 0.25) is 0 Å². The highest BCUT2D eigenvalue weighted by Gasteiger charge is 2.19. The van der Waals surface area contributed by atoms with E-state index in [-0.39, 0.29) is 0 Å². The summed E-state index contributed by atoms with van der Waals surface area (Å²) in [5.74, 6) is 1.62. The lowest BCUT2D eigenvalue weighted by Crippen LogP contribution is -2.08. The molecule has 220 valence electrons. The summed E-state index contributed by atoms with van der Waals surface area (Å²) in [6.07, 6.45) is 0. The first-order valence-corrected chi connectivity index (χ1v) is 15.3. The van der Waals surface area contributed by atoms with Gasteiger partial charge in [-0.2, -0.15) is 0 Å². The van der Waals surface area contributed by atoms with Crippen LogP contribution in [0, 0.1) is 0 Å². The van der Waals surface area contributed by atoms with E-state index in [4.69, 9.17) is 4.74 Å². The van der Waals surface area contributed by atoms with Crippen LogP contribution in [-0.2, 0) is 0 Å². The highest BCUT2D eigenvalue weighted by atomic mass is 16.5. The number of rotatable bonds is 6. The minimum Gasteiger partial charge on any atom is -0.457 e. The first-order chi connectivity index (χ1) is 22.0. The van der Waals surface area contributed by atoms with Gasteiger partial charge >= 0.3 is 0 Å². The summed E-state index contributed by atoms with van der Waals surface area (Å²) in [5.41, 5.74) is 9.27. The molecule has 5 nitrogen and oxygen atoms in total. The number of hydrogen-bond donors (Lipinski definition) is 0. The zero-order valence-corrected chi connectivity index (χ0v) is 25.9. The third-order valence-corrected chi connectivity index (χ3v) is 8.71. The zero-order valence-electron chi connectivity index (χ0n) is 25.9. The van der Waals surface area contributed by atoms with Crippen molar-refractivity contribution < 1.29 is 4.74 Å². The Hall–Kier alpha value is -5.68. The normalized spacial score (nSPS) is 11.6. The molecule has 2 aromatic heterocycles. The Bertz CT molecular complexity index is 2180. The second-order valence-corrected chi connectivity index (χ2v) is 11.9. The summed E-state index contributed by atoms with van der Waals surface area (Å²) in [7, 11) is 8.40. The van der Waals surface area contributed by atoms with Crippen LogP contribution in [-0.4, -0.2) is 37.3 Å². The van der Waals surface area contributed by atoms with Gasteiger partial charge in [-0.05, 0) is 84.9 Å². The molecule has 0 amide bonds. The molecule has 0 radical (unpaired) electrons. The molecule has 6 aromatic carbocycles. The number of nitrogens with zero attached hydrogens (tertiary/aromatic N) is 4. The first kappa shape index (κ1) is 26.9. The van der Waals surface area contributed by atoms with Gasteiger partial charge in [-0.25, -0.2) is 0 Å². The maximum atomic E-state index is 6.68. The molecule has 45 heavy (non-hydrogen) atoms. The lowest BCUT2D eigenvalue weighted by atomic mass is 10.1. The zero-order chi connectivity index (χ0) is 30.7. The Kier molecular flexibility index (Phi) is 6.27. The fourth-order valence-corrected chi connectivity index (χ4v) is 6.78. The minimum atomic E-state index is 0.808. The first-order valence-electron chi connectivity index (χ1n) is 15.3. The molecule has 0 saturated carbocycles. The smallest absolute Gasteiger partial charge is 0.128 e. The van der Waals surface area contributed by atoms with Crippen LogP contribution in [0.4, 0.5) is 11.4 Å². The number of anilines is 2. The number of benzene rings is 6. The van der Waals surface area contributed by atoms with Crippen LogP contribution in [0.3, 0.4) is 0 Å². The summed E-state index contributed by atoms with van der Waals surface area (Å²) in [4.78, 5) is 4.37. The average Bonchev–Trinajstić information content (AvgIpc) is 3.58. The van der Waals surface area contributed by atoms with E-state index in [1.165, 1.54) is 33.2 Å². The van der Waals surface area contributed by atoms with Crippen molar-refractivity contribution in [3.05, 3.63) is 133 Å². The molecular formula is C40H34N4O. The van der Waals surface area contributed by atoms with Crippen molar-refractivity contribution in [2.75, 3.05) is 38.0 Å². The van der Waals surface area contributed by atoms with E-state index in [0.717, 1.165) is 44.7 Å². The molecule has 0 bridgehead atoms. The van der Waals surface area contributed by atoms with Gasteiger partial charge in [0, 0.05) is 72.5 Å². The van der Waals surface area contributed by atoms with Crippen LogP contribution >= 0.6 is 0 Å². The topological polar surface area (TPSA) is 25.6 Å². The summed E-state index contributed by atoms with van der Waals surface area (Å²) in [6, 6.07) is 47.1. The lowest BCUT2D eigenvalue weighted by molar-refractivity contribution is 0.484. The van der Waals surface area contributed by atoms with E-state index in [1.807, 2.05) is 0 Å². The fraction of sp³-hybridized carbons (Fsp3) is 0.100. The number of para-hydroxylation sites is 2. The van der Waals surface area contributed by atoms with E-state index in [1.54, 1.807) is 0 Å². The van der Waals surface area contributed by atoms with E-state index in [2.05, 4.69) is 181 Å². The Balaban J connectivity index is 1.31. The van der Waals surface area contributed by atoms with Crippen molar-refractivity contribution in [1.29, 1.82) is 0 Å². The molecule has 8 rings (SSSR count). The van der Waals surface area contributed by atoms with Gasteiger partial charge < -0.3 is 23.7 Å². The monoisotopic (exact) mass is 586 g/mol. The van der Waals surface area contributed by atoms with Gasteiger partial charge in [0.2, 0.25) is 0 Å². The Morgan fingerprint density at radius 3 is 1.24 bits per heavy atom. The van der Waals surface area contributed by atoms with E-state index >= 15 is 0 Å². The molecule has 8 aromatic rings. The van der Waals surface area contributed by atoms with Crippen LogP contribution < -0.4 is 14.5 Å². The lowest BCUT2D eigenvalue weighted by Gasteiger charge is -2.14. The molecule has 0 aliphatic carbocycles. The third kappa shape index (κ3) is 4.31. The van der Waals surface area contributed by atoms with E-state index < -0.39 is 0 Å². The molecule has 0 aliphatic rings. The van der Waals surface area contributed by atoms with Gasteiger partial charge in [-0.1, -0.05) is 48.5 Å². The van der Waals surface area contributed by atoms with Crippen molar-refractivity contribution in [2.45, 2.75) is 0 Å². The molecule has 0 aliphatic heterocycles. The standard InChI is InChI=1S/C40H34N4O/c1-41(2)35-17-11-19-37-39(35)31-25-29(21-23-33(31)43(37)27-13-7-5-8-14-27)45-30-22-24-34-32(26-30)40-36(42(3)4)18-12-20-38(40)44(34)28-15-9-6-10-16-28/h5-26H,1-4H3. The van der Waals surface area contributed by atoms with Gasteiger partial charge in [0.1, 0.15) is 11.5 Å². The summed E-state index contributed by atoms with van der Waals surface area (Å²) < 4.78 is 11.4. The minimum absolute atomic E-state index is 0.808. The summed E-state index contributed by atoms with van der Waals surface area (Å²) in [5, 5.41) is 4.74. The highest BCUT2D eigenvalue weighted by Crippen LogP contribution is 2.42. The van der Waals surface area contributed by atoms with Gasteiger partial charge in [0.25, 0.3) is 0 Å². The van der Waals surface area contributed by atoms with Gasteiger partial charge in [-0.3, -0.25) is 0 Å². The second kappa shape index (κ2) is 10.5. The molecule has 2 heterocycles. The predicted octanol–water partition coefficient (Wildman–Crippen LogP) is 9.81. The Labute approximate surface area is 262 Å². The molecule has 0 N–H and O–H groups in total. The average molecular weight is 587 g/mol. The number of ether oxygens (including phenoxy) is 1. The van der Waals surface area contributed by atoms with Crippen molar-refractivity contribution >= 4 is 55.0 Å². The molecular weight excluding hydrogens is 552 g/mol. The summed E-state index contributed by atoms with van der Waals surface area (Å²) >= 11 is 0. The second-order valence-electron chi connectivity index (χ2n) is 11.9. The van der Waals surface area contributed by atoms with Crippen molar-refractivity contribution in [1.82, 2.24) is 9.13 Å². The maximum Gasteiger partial charge on any atom is 0.128 e. The largest absolute Gasteiger partial charge is 0.457 e. The van der Waals surface area contributed by atoms with Crippen molar-refractivity contribution in [3.8, 4) is 22.9 Å². The summed E-state index contributed by atoms with van der Waals surface area (Å²) in [6.45, 7) is 0. The van der Waals surface area contributed by atoms with Crippen LogP contribution in [0.1, 0.15) is 0 Å². The quantitative estimate of drug-likeness (QED) is 0.194. The van der Waals surface area contributed by atoms with E-state index in [0.29, 0.717) is 0 Å². The Morgan fingerprint density at radius 2 is 0.844 bits per heavy atom. The van der Waals surface area contributed by atoms with E-state index in [9.17, 15) is 0 Å². The van der Waals surface area contributed by atoms with Gasteiger partial charge in [0.15, 0.2) is 0 Å². The Morgan fingerprint density at radius 1 is 0.422 bits per heavy atom. The van der Waals surface area contributed by atoms with Crippen molar-refractivity contribution in [3.63, 3.8) is 0 Å². The predicted molar refractivity (Wildman–Crippen MR) is 190 cm³/mol. The molecule has 0 spiro atoms. The van der Waals surface area contributed by atoms with Crippen LogP contribution in [0.5, 0.6) is 11.5 Å². The fourth-order valence-electron chi connectivity index (χ4n) is 6.78. The van der Waals surface area contributed by atoms with Crippen LogP contribution in [0.25, 0.3) is 55.0 Å². The highest BCUT2D eigenvalue weighted by molar-refractivity contribution is 6.16. The number of aromatic nitrogens is 2. The maximum absolute atomic E-state index is 6.68. The van der Waals surface area contributed by atoms with Gasteiger partial charge in [-0.15, -0.1) is 0 Å². The SMILES string of the molecule is CN(C)c1cccc2c1c1cc(Oc3ccc4c(c3)c3c(N(C)C)cccc3n4-c3ccccc3)ccc1n2-c1ccccc1. The molecule has 0 saturated heterocycles. The molecule has 0 atom stereocenters. The third-order valence-electron chi connectivity index (χ3n) is 8.71. The molecule has 0 fully saturated rings. The molecule has 0 unspecified atom stereocenters. The molecule has 5 heteroatoms. The number of fused-ring (bicyclic) bond motifs is 6. The number of hydrogen-bond acceptors (Lipinski definition) is 3. The van der Waals surface area contributed by atoms with Gasteiger partial charge in [0.05, 0.1) is 22.1 Å².